The second-order valence-electron chi connectivity index (χ2n) is 15.8. The molecule has 8 aromatic rings. The van der Waals surface area contributed by atoms with Crippen LogP contribution in [0.3, 0.4) is 0 Å². The Morgan fingerprint density at radius 1 is 0.615 bits per heavy atom. The quantitative estimate of drug-likeness (QED) is 0.177. The predicted octanol–water partition coefficient (Wildman–Crippen LogP) is 13.0. The lowest BCUT2D eigenvalue weighted by atomic mass is 9.78. The molecule has 2 heteroatoms. The average molecular weight is 669 g/mol. The molecule has 0 radical (unpaired) electrons. The minimum atomic E-state index is 0.0175. The van der Waals surface area contributed by atoms with Gasteiger partial charge in [0.15, 0.2) is 0 Å². The molecular formula is C50H40N2. The Hall–Kier alpha value is -5.86. The third-order valence-corrected chi connectivity index (χ3v) is 12.5. The van der Waals surface area contributed by atoms with Crippen LogP contribution in [0.2, 0.25) is 0 Å². The zero-order chi connectivity index (χ0) is 34.7. The zero-order valence-electron chi connectivity index (χ0n) is 29.9. The number of para-hydroxylation sites is 2. The van der Waals surface area contributed by atoms with Crippen LogP contribution in [0.25, 0.3) is 72.2 Å². The van der Waals surface area contributed by atoms with Gasteiger partial charge in [-0.15, -0.1) is 0 Å². The Kier molecular flexibility index (Phi) is 6.21. The zero-order valence-corrected chi connectivity index (χ0v) is 29.9. The molecule has 0 aliphatic heterocycles. The minimum Gasteiger partial charge on any atom is -0.310 e. The molecule has 0 amide bonds. The summed E-state index contributed by atoms with van der Waals surface area (Å²) in [5, 5.41) is 5.16. The Bertz CT molecular complexity index is 2900. The fraction of sp³-hybridized carbons (Fsp3) is 0.160. The monoisotopic (exact) mass is 668 g/mol. The van der Waals surface area contributed by atoms with Crippen molar-refractivity contribution in [3.63, 3.8) is 0 Å². The number of aromatic nitrogens is 2. The van der Waals surface area contributed by atoms with E-state index in [0.717, 1.165) is 12.8 Å². The summed E-state index contributed by atoms with van der Waals surface area (Å²) in [5.74, 6) is 1.03. The van der Waals surface area contributed by atoms with Crippen LogP contribution in [0.1, 0.15) is 55.4 Å². The third-order valence-electron chi connectivity index (χ3n) is 12.5. The summed E-state index contributed by atoms with van der Waals surface area (Å²) in [6, 6.07) is 47.9. The van der Waals surface area contributed by atoms with Crippen molar-refractivity contribution in [3.05, 3.63) is 173 Å². The molecule has 2 aromatic heterocycles. The summed E-state index contributed by atoms with van der Waals surface area (Å²) in [4.78, 5) is 0. The Morgan fingerprint density at radius 3 is 2.00 bits per heavy atom. The highest BCUT2D eigenvalue weighted by Crippen LogP contribution is 2.54. The first-order valence-electron chi connectivity index (χ1n) is 18.8. The van der Waals surface area contributed by atoms with E-state index in [1.54, 1.807) is 0 Å². The van der Waals surface area contributed by atoms with Crippen LogP contribution in [-0.2, 0) is 11.8 Å². The lowest BCUT2D eigenvalue weighted by Gasteiger charge is -2.27. The molecule has 0 saturated heterocycles. The van der Waals surface area contributed by atoms with Crippen LogP contribution in [0.4, 0.5) is 0 Å². The molecule has 0 bridgehead atoms. The molecule has 2 heterocycles. The first-order valence-corrected chi connectivity index (χ1v) is 18.8. The van der Waals surface area contributed by atoms with Gasteiger partial charge >= 0.3 is 0 Å². The van der Waals surface area contributed by atoms with E-state index in [4.69, 9.17) is 0 Å². The minimum absolute atomic E-state index is 0.0175. The molecule has 2 atom stereocenters. The first kappa shape index (κ1) is 29.8. The van der Waals surface area contributed by atoms with Crippen LogP contribution in [0.15, 0.2) is 151 Å². The van der Waals surface area contributed by atoms with Crippen molar-refractivity contribution in [1.29, 1.82) is 0 Å². The van der Waals surface area contributed by atoms with E-state index in [1.165, 1.54) is 93.9 Å². The molecule has 11 rings (SSSR count). The maximum absolute atomic E-state index is 2.50. The van der Waals surface area contributed by atoms with Gasteiger partial charge < -0.3 is 9.13 Å². The number of allylic oxidation sites excluding steroid dienone is 5. The third kappa shape index (κ3) is 4.12. The summed E-state index contributed by atoms with van der Waals surface area (Å²) in [5.41, 5.74) is 17.3. The van der Waals surface area contributed by atoms with Crippen molar-refractivity contribution in [1.82, 2.24) is 9.13 Å². The van der Waals surface area contributed by atoms with Gasteiger partial charge in [-0.3, -0.25) is 0 Å². The van der Waals surface area contributed by atoms with Gasteiger partial charge in [0.2, 0.25) is 0 Å². The van der Waals surface area contributed by atoms with Gasteiger partial charge in [-0.25, -0.2) is 0 Å². The molecule has 250 valence electrons. The summed E-state index contributed by atoms with van der Waals surface area (Å²) in [6.07, 6.45) is 11.8. The second kappa shape index (κ2) is 10.8. The molecule has 2 unspecified atom stereocenters. The molecule has 3 aliphatic carbocycles. The van der Waals surface area contributed by atoms with Crippen LogP contribution in [-0.4, -0.2) is 9.13 Å². The number of fused-ring (bicyclic) bond motifs is 10. The Balaban J connectivity index is 1.06. The molecule has 0 fully saturated rings. The maximum atomic E-state index is 2.50. The fourth-order valence-corrected chi connectivity index (χ4v) is 9.96. The van der Waals surface area contributed by atoms with Gasteiger partial charge in [0.05, 0.1) is 27.8 Å². The van der Waals surface area contributed by atoms with Crippen molar-refractivity contribution in [2.45, 2.75) is 44.9 Å². The summed E-state index contributed by atoms with van der Waals surface area (Å²) >= 11 is 0. The molecule has 0 N–H and O–H groups in total. The number of rotatable bonds is 3. The molecule has 2 nitrogen and oxygen atoms in total. The van der Waals surface area contributed by atoms with Gasteiger partial charge in [-0.2, -0.15) is 0 Å². The Labute approximate surface area is 304 Å². The van der Waals surface area contributed by atoms with E-state index in [1.807, 2.05) is 0 Å². The van der Waals surface area contributed by atoms with Crippen molar-refractivity contribution in [2.75, 3.05) is 0 Å². The topological polar surface area (TPSA) is 9.86 Å². The van der Waals surface area contributed by atoms with Crippen LogP contribution >= 0.6 is 0 Å². The molecule has 52 heavy (non-hydrogen) atoms. The highest BCUT2D eigenvalue weighted by Gasteiger charge is 2.42. The number of hydrogen-bond acceptors (Lipinski definition) is 0. The lowest BCUT2D eigenvalue weighted by Crippen LogP contribution is -2.18. The maximum Gasteiger partial charge on any atom is 0.0541 e. The molecule has 6 aromatic carbocycles. The highest BCUT2D eigenvalue weighted by molar-refractivity contribution is 6.13. The van der Waals surface area contributed by atoms with Gasteiger partial charge in [-0.05, 0) is 95.1 Å². The Morgan fingerprint density at radius 2 is 1.25 bits per heavy atom. The first-order chi connectivity index (χ1) is 25.5. The molecule has 0 saturated carbocycles. The van der Waals surface area contributed by atoms with E-state index >= 15 is 0 Å². The molecule has 0 spiro atoms. The SMILES string of the molecule is CC1C=Cc2c(cccc2-n2c3ccccc3c3cc(-c4ccc5c(c4)c4ccccc4n5C4=CCC5C(=C4)C(C)(C)c4ccccc45)ccc32)C1. The van der Waals surface area contributed by atoms with E-state index in [-0.39, 0.29) is 5.41 Å². The van der Waals surface area contributed by atoms with Gasteiger partial charge in [-0.1, -0.05) is 130 Å². The van der Waals surface area contributed by atoms with Crippen LogP contribution in [0, 0.1) is 5.92 Å². The van der Waals surface area contributed by atoms with Crippen LogP contribution in [0.5, 0.6) is 0 Å². The van der Waals surface area contributed by atoms with Crippen molar-refractivity contribution < 1.29 is 0 Å². The summed E-state index contributed by atoms with van der Waals surface area (Å²) in [6.45, 7) is 7.11. The van der Waals surface area contributed by atoms with Gasteiger partial charge in [0, 0.05) is 44.1 Å². The van der Waals surface area contributed by atoms with Crippen molar-refractivity contribution >= 4 is 55.4 Å². The second-order valence-corrected chi connectivity index (χ2v) is 15.8. The van der Waals surface area contributed by atoms with Crippen molar-refractivity contribution in [2.24, 2.45) is 5.92 Å². The largest absolute Gasteiger partial charge is 0.310 e. The molecular weight excluding hydrogens is 629 g/mol. The van der Waals surface area contributed by atoms with E-state index in [9.17, 15) is 0 Å². The number of hydrogen-bond donors (Lipinski definition) is 0. The standard InChI is InChI=1S/C50H40N2/c1-31-19-23-36-34(27-31)11-10-18-45(36)52-47-17-9-6-14-40(47)42-29-33(21-26-49(42)52)32-20-25-48-41(28-32)39-13-5-8-16-46(39)51(48)35-22-24-38-37-12-4-7-15-43(37)50(2,3)44(38)30-35/h4-23,25-26,28-31,38H,24,27H2,1-3H3. The smallest absolute Gasteiger partial charge is 0.0541 e. The predicted molar refractivity (Wildman–Crippen MR) is 220 cm³/mol. The number of nitrogens with zero attached hydrogens (tertiary/aromatic N) is 2. The normalized spacial score (nSPS) is 18.8. The average Bonchev–Trinajstić information content (AvgIpc) is 3.77. The van der Waals surface area contributed by atoms with Gasteiger partial charge in [0.25, 0.3) is 0 Å². The van der Waals surface area contributed by atoms with Crippen LogP contribution < -0.4 is 0 Å². The number of benzene rings is 6. The van der Waals surface area contributed by atoms with E-state index < -0.39 is 0 Å². The fourth-order valence-electron chi connectivity index (χ4n) is 9.96. The molecule has 3 aliphatic rings. The highest BCUT2D eigenvalue weighted by atomic mass is 15.0. The summed E-state index contributed by atoms with van der Waals surface area (Å²) < 4.78 is 4.98. The van der Waals surface area contributed by atoms with E-state index in [2.05, 4.69) is 182 Å². The summed E-state index contributed by atoms with van der Waals surface area (Å²) in [7, 11) is 0. The van der Waals surface area contributed by atoms with Gasteiger partial charge in [0.1, 0.15) is 0 Å². The van der Waals surface area contributed by atoms with Crippen molar-refractivity contribution in [3.8, 4) is 16.8 Å². The van der Waals surface area contributed by atoms with E-state index in [0.29, 0.717) is 11.8 Å². The lowest BCUT2D eigenvalue weighted by molar-refractivity contribution is 0.612.